The van der Waals surface area contributed by atoms with Crippen molar-refractivity contribution in [2.24, 2.45) is 5.73 Å². The largest absolute Gasteiger partial charge is 0.416 e. The molecule has 0 aliphatic rings. The van der Waals surface area contributed by atoms with Gasteiger partial charge in [0.15, 0.2) is 0 Å². The van der Waals surface area contributed by atoms with Gasteiger partial charge in [0.05, 0.1) is 5.56 Å². The minimum absolute atomic E-state index is 0. The van der Waals surface area contributed by atoms with Gasteiger partial charge < -0.3 is 11.1 Å². The van der Waals surface area contributed by atoms with Gasteiger partial charge in [0.2, 0.25) is 0 Å². The quantitative estimate of drug-likeness (QED) is 0.804. The molecule has 1 aromatic carbocycles. The van der Waals surface area contributed by atoms with Crippen molar-refractivity contribution in [3.8, 4) is 0 Å². The van der Waals surface area contributed by atoms with Crippen molar-refractivity contribution in [1.29, 1.82) is 0 Å². The van der Waals surface area contributed by atoms with E-state index in [1.807, 2.05) is 13.8 Å². The highest BCUT2D eigenvalue weighted by molar-refractivity contribution is 5.94. The molecule has 0 aliphatic carbocycles. The lowest BCUT2D eigenvalue weighted by Gasteiger charge is -2.26. The molecular weight excluding hydrogens is 324 g/mol. The number of alkyl halides is 3. The molecule has 0 spiro atoms. The Kier molecular flexibility index (Phi) is 7.31. The second-order valence-electron chi connectivity index (χ2n) is 4.98. The van der Waals surface area contributed by atoms with E-state index in [1.165, 1.54) is 0 Å². The van der Waals surface area contributed by atoms with E-state index in [9.17, 15) is 22.4 Å². The Hall–Kier alpha value is -1.34. The molecule has 0 radical (unpaired) electrons. The summed E-state index contributed by atoms with van der Waals surface area (Å²) in [4.78, 5) is 11.9. The number of hydrogen-bond acceptors (Lipinski definition) is 2. The predicted octanol–water partition coefficient (Wildman–Crippen LogP) is 3.51. The Morgan fingerprint density at radius 1 is 1.18 bits per heavy atom. The second kappa shape index (κ2) is 7.78. The second-order valence-corrected chi connectivity index (χ2v) is 4.98. The van der Waals surface area contributed by atoms with Gasteiger partial charge in [-0.25, -0.2) is 4.39 Å². The molecule has 8 heteroatoms. The predicted molar refractivity (Wildman–Crippen MR) is 78.5 cm³/mol. The van der Waals surface area contributed by atoms with Crippen LogP contribution in [0.4, 0.5) is 17.6 Å². The minimum atomic E-state index is -4.71. The molecule has 3 nitrogen and oxygen atoms in total. The van der Waals surface area contributed by atoms with Crippen molar-refractivity contribution in [1.82, 2.24) is 5.32 Å². The van der Waals surface area contributed by atoms with Crippen LogP contribution in [0.3, 0.4) is 0 Å². The van der Waals surface area contributed by atoms with Crippen LogP contribution in [0.2, 0.25) is 0 Å². The molecule has 0 saturated heterocycles. The van der Waals surface area contributed by atoms with E-state index < -0.39 is 29.0 Å². The first-order valence-electron chi connectivity index (χ1n) is 6.56. The van der Waals surface area contributed by atoms with Crippen LogP contribution in [0.15, 0.2) is 18.2 Å². The number of benzene rings is 1. The molecule has 0 atom stereocenters. The normalized spacial score (nSPS) is 11.8. The Labute approximate surface area is 132 Å². The molecule has 0 heterocycles. The van der Waals surface area contributed by atoms with Crippen molar-refractivity contribution in [2.75, 3.05) is 6.54 Å². The van der Waals surface area contributed by atoms with Gasteiger partial charge >= 0.3 is 6.18 Å². The summed E-state index contributed by atoms with van der Waals surface area (Å²) in [7, 11) is 0. The summed E-state index contributed by atoms with van der Waals surface area (Å²) < 4.78 is 51.0. The number of carbonyl (C=O) groups is 1. The zero-order valence-corrected chi connectivity index (χ0v) is 13.1. The molecule has 22 heavy (non-hydrogen) atoms. The zero-order chi connectivity index (χ0) is 16.3. The lowest BCUT2D eigenvalue weighted by molar-refractivity contribution is -0.137. The summed E-state index contributed by atoms with van der Waals surface area (Å²) in [6, 6.07) is 1.73. The molecule has 0 saturated carbocycles. The first-order chi connectivity index (χ1) is 9.61. The Morgan fingerprint density at radius 3 is 2.18 bits per heavy atom. The van der Waals surface area contributed by atoms with Crippen molar-refractivity contribution < 1.29 is 22.4 Å². The van der Waals surface area contributed by atoms with Crippen LogP contribution in [-0.2, 0) is 6.18 Å². The molecule has 0 unspecified atom stereocenters. The van der Waals surface area contributed by atoms with Gasteiger partial charge in [0.25, 0.3) is 5.91 Å². The minimum Gasteiger partial charge on any atom is -0.350 e. The maximum Gasteiger partial charge on any atom is 0.416 e. The van der Waals surface area contributed by atoms with E-state index in [0.29, 0.717) is 25.0 Å². The van der Waals surface area contributed by atoms with Crippen LogP contribution in [0, 0.1) is 5.82 Å². The van der Waals surface area contributed by atoms with Crippen molar-refractivity contribution in [3.05, 3.63) is 35.1 Å². The van der Waals surface area contributed by atoms with Crippen molar-refractivity contribution >= 4 is 18.3 Å². The summed E-state index contributed by atoms with van der Waals surface area (Å²) in [5.41, 5.74) is 3.78. The smallest absolute Gasteiger partial charge is 0.350 e. The molecule has 1 amide bonds. The molecule has 1 rings (SSSR count). The van der Waals surface area contributed by atoms with E-state index in [4.69, 9.17) is 5.73 Å². The summed E-state index contributed by atoms with van der Waals surface area (Å²) in [5.74, 6) is -1.89. The lowest BCUT2D eigenvalue weighted by Crippen LogP contribution is -2.49. The van der Waals surface area contributed by atoms with Crippen molar-refractivity contribution in [2.45, 2.75) is 38.4 Å². The van der Waals surface area contributed by atoms with Crippen LogP contribution < -0.4 is 11.1 Å². The Morgan fingerprint density at radius 2 is 1.73 bits per heavy atom. The Bertz CT molecular complexity index is 516. The SMILES string of the molecule is CCC(N)(CC)CNC(=O)c1cc(F)cc(C(F)(F)F)c1.Cl. The first-order valence-corrected chi connectivity index (χ1v) is 6.56. The highest BCUT2D eigenvalue weighted by atomic mass is 35.5. The fraction of sp³-hybridized carbons (Fsp3) is 0.500. The van der Waals surface area contributed by atoms with Crippen LogP contribution in [-0.4, -0.2) is 18.0 Å². The number of nitrogens with two attached hydrogens (primary N) is 1. The number of carbonyl (C=O) groups excluding carboxylic acids is 1. The van der Waals surface area contributed by atoms with Crippen LogP contribution in [0.5, 0.6) is 0 Å². The number of halogens is 5. The van der Waals surface area contributed by atoms with E-state index in [-0.39, 0.29) is 24.5 Å². The number of hydrogen-bond donors (Lipinski definition) is 2. The monoisotopic (exact) mass is 342 g/mol. The van der Waals surface area contributed by atoms with Gasteiger partial charge in [-0.3, -0.25) is 4.79 Å². The first kappa shape index (κ1) is 20.7. The maximum atomic E-state index is 13.2. The average molecular weight is 343 g/mol. The van der Waals surface area contributed by atoms with Crippen LogP contribution >= 0.6 is 12.4 Å². The summed E-state index contributed by atoms with van der Waals surface area (Å²) in [6.45, 7) is 3.80. The molecule has 0 bridgehead atoms. The van der Waals surface area contributed by atoms with Crippen molar-refractivity contribution in [3.63, 3.8) is 0 Å². The summed E-state index contributed by atoms with van der Waals surface area (Å²) >= 11 is 0. The molecule has 3 N–H and O–H groups in total. The molecule has 0 aromatic heterocycles. The highest BCUT2D eigenvalue weighted by Crippen LogP contribution is 2.30. The maximum absolute atomic E-state index is 13.2. The molecule has 1 aromatic rings. The lowest BCUT2D eigenvalue weighted by atomic mass is 9.94. The summed E-state index contributed by atoms with van der Waals surface area (Å²) in [6.07, 6.45) is -3.51. The third-order valence-electron chi connectivity index (χ3n) is 3.50. The Balaban J connectivity index is 0.00000441. The van der Waals surface area contributed by atoms with Gasteiger partial charge in [-0.15, -0.1) is 12.4 Å². The zero-order valence-electron chi connectivity index (χ0n) is 12.3. The third kappa shape index (κ3) is 5.46. The number of rotatable bonds is 5. The molecule has 126 valence electrons. The fourth-order valence-electron chi connectivity index (χ4n) is 1.74. The highest BCUT2D eigenvalue weighted by Gasteiger charge is 2.32. The topological polar surface area (TPSA) is 55.1 Å². The van der Waals surface area contributed by atoms with E-state index >= 15 is 0 Å². The van der Waals surface area contributed by atoms with E-state index in [2.05, 4.69) is 5.32 Å². The van der Waals surface area contributed by atoms with Gasteiger partial charge in [0.1, 0.15) is 5.82 Å². The van der Waals surface area contributed by atoms with Gasteiger partial charge in [-0.1, -0.05) is 13.8 Å². The fourth-order valence-corrected chi connectivity index (χ4v) is 1.74. The number of nitrogens with one attached hydrogen (secondary N) is 1. The van der Waals surface area contributed by atoms with Crippen LogP contribution in [0.1, 0.15) is 42.6 Å². The van der Waals surface area contributed by atoms with Gasteiger partial charge in [-0.2, -0.15) is 13.2 Å². The third-order valence-corrected chi connectivity index (χ3v) is 3.50. The standard InChI is InChI=1S/C14H18F4N2O.ClH/c1-3-13(19,4-2)8-20-12(21)9-5-10(14(16,17)18)7-11(15)6-9;/h5-7H,3-4,8,19H2,1-2H3,(H,20,21);1H. The molecule has 0 aliphatic heterocycles. The van der Waals surface area contributed by atoms with E-state index in [1.54, 1.807) is 0 Å². The average Bonchev–Trinajstić information content (AvgIpc) is 2.42. The van der Waals surface area contributed by atoms with E-state index in [0.717, 1.165) is 6.07 Å². The molecular formula is C14H19ClF4N2O. The van der Waals surface area contributed by atoms with Crippen LogP contribution in [0.25, 0.3) is 0 Å². The number of amides is 1. The van der Waals surface area contributed by atoms with Gasteiger partial charge in [-0.05, 0) is 31.0 Å². The van der Waals surface area contributed by atoms with Gasteiger partial charge in [0, 0.05) is 17.6 Å². The summed E-state index contributed by atoms with van der Waals surface area (Å²) in [5, 5.41) is 2.45. The molecule has 0 fully saturated rings.